The highest BCUT2D eigenvalue weighted by Gasteiger charge is 2.47. The molecule has 3 nitrogen and oxygen atoms in total. The van der Waals surface area contributed by atoms with Crippen LogP contribution in [0.15, 0.2) is 54.6 Å². The molecule has 3 fully saturated rings. The summed E-state index contributed by atoms with van der Waals surface area (Å²) >= 11 is 0. The third-order valence-electron chi connectivity index (χ3n) is 6.57. The summed E-state index contributed by atoms with van der Waals surface area (Å²) in [6.07, 6.45) is 4.09. The van der Waals surface area contributed by atoms with Crippen molar-refractivity contribution in [3.8, 4) is 0 Å². The van der Waals surface area contributed by atoms with Gasteiger partial charge in [-0.05, 0) is 61.4 Å². The van der Waals surface area contributed by atoms with Crippen LogP contribution in [0, 0.1) is 11.8 Å². The van der Waals surface area contributed by atoms with Crippen LogP contribution >= 0.6 is 0 Å². The zero-order chi connectivity index (χ0) is 18.0. The second-order valence-electron chi connectivity index (χ2n) is 8.06. The van der Waals surface area contributed by atoms with Crippen molar-refractivity contribution in [2.24, 2.45) is 17.6 Å². The molecule has 144 valence electrons. The molecule has 2 unspecified atom stereocenters. The molecular formula is C23H36N2O. The smallest absolute Gasteiger partial charge is 0.0942 e. The molecule has 3 heterocycles. The van der Waals surface area contributed by atoms with Crippen molar-refractivity contribution in [3.63, 3.8) is 0 Å². The Morgan fingerprint density at radius 1 is 1.04 bits per heavy atom. The first-order valence-electron chi connectivity index (χ1n) is 9.97. The highest BCUT2D eigenvalue weighted by atomic mass is 16.3. The lowest BCUT2D eigenvalue weighted by Crippen LogP contribution is -2.55. The lowest BCUT2D eigenvalue weighted by molar-refractivity contribution is -0.106. The third-order valence-corrected chi connectivity index (χ3v) is 6.57. The van der Waals surface area contributed by atoms with Gasteiger partial charge < -0.3 is 15.7 Å². The van der Waals surface area contributed by atoms with Gasteiger partial charge in [-0.2, -0.15) is 0 Å². The van der Waals surface area contributed by atoms with Crippen molar-refractivity contribution in [2.75, 3.05) is 19.6 Å². The highest BCUT2D eigenvalue weighted by Crippen LogP contribution is 2.45. The maximum Gasteiger partial charge on any atom is 0.0942 e. The Balaban J connectivity index is 0.00000140. The van der Waals surface area contributed by atoms with Crippen molar-refractivity contribution in [1.29, 1.82) is 0 Å². The Morgan fingerprint density at radius 2 is 1.77 bits per heavy atom. The average molecular weight is 357 g/mol. The van der Waals surface area contributed by atoms with Crippen LogP contribution < -0.4 is 5.73 Å². The topological polar surface area (TPSA) is 49.5 Å². The average Bonchev–Trinajstić information content (AvgIpc) is 2.73. The van der Waals surface area contributed by atoms with Crippen LogP contribution in [0.5, 0.6) is 0 Å². The first kappa shape index (κ1) is 17.7. The minimum absolute atomic E-state index is 0. The minimum Gasteiger partial charge on any atom is -0.385 e. The molecule has 0 amide bonds. The number of nitrogens with zero attached hydrogens (tertiary/aromatic N) is 1. The van der Waals surface area contributed by atoms with Crippen LogP contribution in [-0.4, -0.2) is 29.6 Å². The number of nitrogens with two attached hydrogens (primary N) is 1. The largest absolute Gasteiger partial charge is 0.385 e. The van der Waals surface area contributed by atoms with Gasteiger partial charge in [0.1, 0.15) is 0 Å². The number of fused-ring (bicyclic) bond motifs is 3. The fraction of sp³-hybridized carbons (Fsp3) is 0.478. The molecule has 2 aromatic rings. The van der Waals surface area contributed by atoms with Crippen LogP contribution in [0.4, 0.5) is 0 Å². The number of aliphatic hydroxyl groups is 1. The normalized spacial score (nSPS) is 27.2. The van der Waals surface area contributed by atoms with E-state index in [9.17, 15) is 5.11 Å². The van der Waals surface area contributed by atoms with E-state index in [1.54, 1.807) is 0 Å². The molecule has 5 rings (SSSR count). The van der Waals surface area contributed by atoms with Crippen LogP contribution in [0.1, 0.15) is 40.2 Å². The molecule has 3 aliphatic rings. The first-order valence-corrected chi connectivity index (χ1v) is 9.97. The Morgan fingerprint density at radius 3 is 2.42 bits per heavy atom. The van der Waals surface area contributed by atoms with Crippen molar-refractivity contribution in [3.05, 3.63) is 71.3 Å². The van der Waals surface area contributed by atoms with Crippen molar-refractivity contribution in [1.82, 2.24) is 4.90 Å². The number of hydrogen-bond acceptors (Lipinski definition) is 3. The van der Waals surface area contributed by atoms with Gasteiger partial charge in [-0.1, -0.05) is 54.6 Å². The van der Waals surface area contributed by atoms with E-state index in [-0.39, 0.29) is 4.28 Å². The number of piperidine rings is 3. The molecular weight excluding hydrogens is 320 g/mol. The standard InChI is InChI=1S/C23H30N2O.3H2/c24-16-19-6-4-5-18(15-19)9-12-23(26,21-7-2-1-3-8-21)22-17-25-13-10-20(22)11-14-25;;;/h1-8,15,20,22,26H,9-14,16-17,24H2;3*1H. The molecule has 26 heavy (non-hydrogen) atoms. The molecule has 0 radical (unpaired) electrons. The van der Waals surface area contributed by atoms with E-state index < -0.39 is 5.60 Å². The number of hydrogen-bond donors (Lipinski definition) is 2. The molecule has 3 heteroatoms. The number of rotatable bonds is 6. The summed E-state index contributed by atoms with van der Waals surface area (Å²) in [6, 6.07) is 18.8. The molecule has 3 N–H and O–H groups in total. The van der Waals surface area contributed by atoms with Gasteiger partial charge in [-0.3, -0.25) is 0 Å². The lowest BCUT2D eigenvalue weighted by Gasteiger charge is -2.51. The van der Waals surface area contributed by atoms with Gasteiger partial charge in [0.05, 0.1) is 5.60 Å². The Bertz CT molecular complexity index is 738. The van der Waals surface area contributed by atoms with E-state index in [2.05, 4.69) is 53.4 Å². The van der Waals surface area contributed by atoms with Crippen molar-refractivity contribution < 1.29 is 9.39 Å². The molecule has 3 saturated heterocycles. The number of aryl methyl sites for hydroxylation is 1. The zero-order valence-electron chi connectivity index (χ0n) is 15.5. The van der Waals surface area contributed by atoms with E-state index in [1.165, 1.54) is 31.5 Å². The monoisotopic (exact) mass is 356 g/mol. The maximum absolute atomic E-state index is 12.0. The van der Waals surface area contributed by atoms with Gasteiger partial charge >= 0.3 is 0 Å². The van der Waals surface area contributed by atoms with Crippen molar-refractivity contribution in [2.45, 2.75) is 37.8 Å². The quantitative estimate of drug-likeness (QED) is 0.821. The summed E-state index contributed by atoms with van der Waals surface area (Å²) in [5.74, 6) is 0.964. The summed E-state index contributed by atoms with van der Waals surface area (Å²) in [4.78, 5) is 2.54. The molecule has 0 saturated carbocycles. The molecule has 0 aliphatic carbocycles. The fourth-order valence-corrected chi connectivity index (χ4v) is 5.02. The summed E-state index contributed by atoms with van der Waals surface area (Å²) in [7, 11) is 0. The summed E-state index contributed by atoms with van der Waals surface area (Å²) in [6.45, 7) is 3.99. The van der Waals surface area contributed by atoms with Crippen LogP contribution in [0.3, 0.4) is 0 Å². The van der Waals surface area contributed by atoms with Gasteiger partial charge in [0.25, 0.3) is 0 Å². The molecule has 2 aromatic carbocycles. The van der Waals surface area contributed by atoms with Gasteiger partial charge in [-0.15, -0.1) is 0 Å². The minimum atomic E-state index is -0.760. The van der Waals surface area contributed by atoms with Crippen LogP contribution in [0.25, 0.3) is 0 Å². The highest BCUT2D eigenvalue weighted by molar-refractivity contribution is 5.27. The SMILES string of the molecule is NCc1cccc(CCC(O)(c2ccccc2)C2CN3CCC2CC3)c1.[HH].[HH].[HH]. The fourth-order valence-electron chi connectivity index (χ4n) is 5.02. The van der Waals surface area contributed by atoms with Crippen LogP contribution in [-0.2, 0) is 18.6 Å². The van der Waals surface area contributed by atoms with E-state index in [0.717, 1.165) is 30.5 Å². The third kappa shape index (κ3) is 3.44. The second-order valence-corrected chi connectivity index (χ2v) is 8.06. The van der Waals surface area contributed by atoms with E-state index in [1.807, 2.05) is 6.07 Å². The molecule has 2 bridgehead atoms. The molecule has 3 aliphatic heterocycles. The maximum atomic E-state index is 12.0. The predicted molar refractivity (Wildman–Crippen MR) is 112 cm³/mol. The van der Waals surface area contributed by atoms with Gasteiger partial charge in [0, 0.05) is 23.3 Å². The van der Waals surface area contributed by atoms with Crippen molar-refractivity contribution >= 4 is 0 Å². The Labute approximate surface area is 161 Å². The Kier molecular flexibility index (Phi) is 5.12. The van der Waals surface area contributed by atoms with E-state index in [0.29, 0.717) is 18.4 Å². The van der Waals surface area contributed by atoms with Crippen LogP contribution in [0.2, 0.25) is 0 Å². The second kappa shape index (κ2) is 7.51. The number of benzene rings is 2. The van der Waals surface area contributed by atoms with Gasteiger partial charge in [0.2, 0.25) is 0 Å². The summed E-state index contributed by atoms with van der Waals surface area (Å²) in [5.41, 5.74) is 8.54. The van der Waals surface area contributed by atoms with E-state index in [4.69, 9.17) is 5.73 Å². The zero-order valence-corrected chi connectivity index (χ0v) is 15.5. The lowest BCUT2D eigenvalue weighted by atomic mass is 9.66. The van der Waals surface area contributed by atoms with Gasteiger partial charge in [0.15, 0.2) is 0 Å². The van der Waals surface area contributed by atoms with Gasteiger partial charge in [-0.25, -0.2) is 0 Å². The predicted octanol–water partition coefficient (Wildman–Crippen LogP) is 4.05. The summed E-state index contributed by atoms with van der Waals surface area (Å²) in [5, 5.41) is 12.0. The molecule has 0 spiro atoms. The molecule has 2 atom stereocenters. The Hall–Kier alpha value is -1.68. The molecule has 0 aromatic heterocycles. The first-order chi connectivity index (χ1) is 12.7. The van der Waals surface area contributed by atoms with E-state index >= 15 is 0 Å². The summed E-state index contributed by atoms with van der Waals surface area (Å²) < 4.78 is 0.